The Morgan fingerprint density at radius 2 is 1.86 bits per heavy atom. The molecule has 2 atom stereocenters. The van der Waals surface area contributed by atoms with Crippen molar-refractivity contribution in [2.24, 2.45) is 5.92 Å². The lowest BCUT2D eigenvalue weighted by atomic mass is 9.84. The predicted molar refractivity (Wildman–Crippen MR) is 55.2 cm³/mol. The molecule has 1 N–H and O–H groups in total. The second kappa shape index (κ2) is 5.10. The second-order valence-corrected chi connectivity index (χ2v) is 4.44. The molecule has 0 amide bonds. The van der Waals surface area contributed by atoms with Crippen molar-refractivity contribution in [1.82, 2.24) is 4.90 Å². The highest BCUT2D eigenvalue weighted by molar-refractivity contribution is 4.83. The molecule has 2 rings (SSSR count). The van der Waals surface area contributed by atoms with Crippen LogP contribution in [0.15, 0.2) is 0 Å². The highest BCUT2D eigenvalue weighted by Gasteiger charge is 2.30. The number of aliphatic hydroxyl groups excluding tert-OH is 1. The van der Waals surface area contributed by atoms with Crippen LogP contribution < -0.4 is 0 Å². The van der Waals surface area contributed by atoms with Crippen molar-refractivity contribution in [3.63, 3.8) is 0 Å². The molecule has 0 radical (unpaired) electrons. The Morgan fingerprint density at radius 3 is 2.57 bits per heavy atom. The first-order valence-electron chi connectivity index (χ1n) is 5.84. The Labute approximate surface area is 86.0 Å². The molecule has 2 fully saturated rings. The smallest absolute Gasteiger partial charge is 0.0594 e. The van der Waals surface area contributed by atoms with Gasteiger partial charge >= 0.3 is 0 Å². The zero-order chi connectivity index (χ0) is 9.80. The molecule has 1 aliphatic carbocycles. The Hall–Kier alpha value is -0.120. The summed E-state index contributed by atoms with van der Waals surface area (Å²) < 4.78 is 5.36. The van der Waals surface area contributed by atoms with Gasteiger partial charge in [0.25, 0.3) is 0 Å². The lowest BCUT2D eigenvalue weighted by molar-refractivity contribution is -0.0165. The van der Waals surface area contributed by atoms with Gasteiger partial charge in [0.1, 0.15) is 0 Å². The third-order valence-corrected chi connectivity index (χ3v) is 3.62. The molecule has 1 aliphatic heterocycles. The van der Waals surface area contributed by atoms with Crippen molar-refractivity contribution < 1.29 is 9.84 Å². The summed E-state index contributed by atoms with van der Waals surface area (Å²) in [6.45, 7) is 4.22. The Kier molecular flexibility index (Phi) is 3.79. The molecule has 1 heterocycles. The van der Waals surface area contributed by atoms with Crippen LogP contribution in [0.25, 0.3) is 0 Å². The van der Waals surface area contributed by atoms with Crippen molar-refractivity contribution in [2.75, 3.05) is 32.9 Å². The van der Waals surface area contributed by atoms with Crippen LogP contribution in [-0.2, 0) is 4.74 Å². The van der Waals surface area contributed by atoms with Gasteiger partial charge < -0.3 is 9.84 Å². The van der Waals surface area contributed by atoms with Crippen LogP contribution in [0.5, 0.6) is 0 Å². The molecule has 0 aromatic carbocycles. The van der Waals surface area contributed by atoms with Crippen molar-refractivity contribution in [1.29, 1.82) is 0 Å². The number of hydrogen-bond acceptors (Lipinski definition) is 3. The van der Waals surface area contributed by atoms with Gasteiger partial charge in [-0.1, -0.05) is 12.8 Å². The van der Waals surface area contributed by atoms with Gasteiger partial charge in [-0.15, -0.1) is 0 Å². The molecule has 0 bridgehead atoms. The maximum atomic E-state index is 9.33. The van der Waals surface area contributed by atoms with Crippen molar-refractivity contribution in [2.45, 2.75) is 31.7 Å². The average molecular weight is 199 g/mol. The van der Waals surface area contributed by atoms with Crippen LogP contribution in [0.2, 0.25) is 0 Å². The molecule has 2 aliphatic rings. The molecule has 2 unspecified atom stereocenters. The lowest BCUT2D eigenvalue weighted by Crippen LogP contribution is -2.48. The summed E-state index contributed by atoms with van der Waals surface area (Å²) in [6.07, 6.45) is 5.11. The van der Waals surface area contributed by atoms with E-state index in [2.05, 4.69) is 4.90 Å². The van der Waals surface area contributed by atoms with E-state index in [-0.39, 0.29) is 0 Å². The fourth-order valence-electron chi connectivity index (χ4n) is 2.79. The van der Waals surface area contributed by atoms with E-state index in [1.807, 2.05) is 0 Å². The Bertz CT molecular complexity index is 169. The largest absolute Gasteiger partial charge is 0.396 e. The molecule has 82 valence electrons. The van der Waals surface area contributed by atoms with E-state index in [0.29, 0.717) is 18.6 Å². The third-order valence-electron chi connectivity index (χ3n) is 3.62. The van der Waals surface area contributed by atoms with E-state index in [0.717, 1.165) is 26.3 Å². The standard InChI is InChI=1S/C11H21NO2/c13-9-10-3-1-2-4-11(10)12-5-7-14-8-6-12/h10-11,13H,1-9H2. The molecule has 0 aromatic rings. The zero-order valence-electron chi connectivity index (χ0n) is 8.82. The summed E-state index contributed by atoms with van der Waals surface area (Å²) in [4.78, 5) is 2.52. The number of morpholine rings is 1. The van der Waals surface area contributed by atoms with Crippen LogP contribution in [-0.4, -0.2) is 49.0 Å². The SMILES string of the molecule is OCC1CCCCC1N1CCOCC1. The summed E-state index contributed by atoms with van der Waals surface area (Å²) in [5, 5.41) is 9.33. The highest BCUT2D eigenvalue weighted by atomic mass is 16.5. The highest BCUT2D eigenvalue weighted by Crippen LogP contribution is 2.28. The maximum absolute atomic E-state index is 9.33. The summed E-state index contributed by atoms with van der Waals surface area (Å²) in [5.41, 5.74) is 0. The number of aliphatic hydroxyl groups is 1. The Balaban J connectivity index is 1.91. The van der Waals surface area contributed by atoms with Crippen LogP contribution in [0.4, 0.5) is 0 Å². The lowest BCUT2D eigenvalue weighted by Gasteiger charge is -2.41. The van der Waals surface area contributed by atoms with Crippen molar-refractivity contribution >= 4 is 0 Å². The number of ether oxygens (including phenoxy) is 1. The minimum Gasteiger partial charge on any atom is -0.396 e. The van der Waals surface area contributed by atoms with E-state index in [4.69, 9.17) is 4.74 Å². The zero-order valence-corrected chi connectivity index (χ0v) is 8.82. The van der Waals surface area contributed by atoms with E-state index in [9.17, 15) is 5.11 Å². The number of nitrogens with zero attached hydrogens (tertiary/aromatic N) is 1. The summed E-state index contributed by atoms with van der Waals surface area (Å²) in [6, 6.07) is 0.623. The van der Waals surface area contributed by atoms with E-state index >= 15 is 0 Å². The monoisotopic (exact) mass is 199 g/mol. The summed E-state index contributed by atoms with van der Waals surface area (Å²) in [5.74, 6) is 0.516. The van der Waals surface area contributed by atoms with Crippen LogP contribution >= 0.6 is 0 Å². The fraction of sp³-hybridized carbons (Fsp3) is 1.00. The van der Waals surface area contributed by atoms with Gasteiger partial charge in [0.15, 0.2) is 0 Å². The van der Waals surface area contributed by atoms with E-state index in [1.54, 1.807) is 0 Å². The van der Waals surface area contributed by atoms with Gasteiger partial charge in [-0.3, -0.25) is 4.90 Å². The molecule has 14 heavy (non-hydrogen) atoms. The van der Waals surface area contributed by atoms with Crippen molar-refractivity contribution in [3.8, 4) is 0 Å². The molecular weight excluding hydrogens is 178 g/mol. The second-order valence-electron chi connectivity index (χ2n) is 4.44. The minimum atomic E-state index is 0.363. The maximum Gasteiger partial charge on any atom is 0.0594 e. The predicted octanol–water partition coefficient (Wildman–Crippen LogP) is 0.870. The number of rotatable bonds is 2. The average Bonchev–Trinajstić information content (AvgIpc) is 2.30. The van der Waals surface area contributed by atoms with Gasteiger partial charge in [-0.05, 0) is 18.8 Å². The molecule has 3 nitrogen and oxygen atoms in total. The molecule has 1 saturated carbocycles. The molecule has 3 heteroatoms. The summed E-state index contributed by atoms with van der Waals surface area (Å²) in [7, 11) is 0. The fourth-order valence-corrected chi connectivity index (χ4v) is 2.79. The van der Waals surface area contributed by atoms with Gasteiger partial charge in [-0.2, -0.15) is 0 Å². The van der Waals surface area contributed by atoms with Crippen LogP contribution in [0.3, 0.4) is 0 Å². The molecular formula is C11H21NO2. The Morgan fingerprint density at radius 1 is 1.14 bits per heavy atom. The van der Waals surface area contributed by atoms with E-state index < -0.39 is 0 Å². The third kappa shape index (κ3) is 2.27. The summed E-state index contributed by atoms with van der Waals surface area (Å²) >= 11 is 0. The van der Waals surface area contributed by atoms with Gasteiger partial charge in [0, 0.05) is 25.7 Å². The van der Waals surface area contributed by atoms with Crippen LogP contribution in [0.1, 0.15) is 25.7 Å². The minimum absolute atomic E-state index is 0.363. The first kappa shape index (κ1) is 10.4. The molecule has 0 spiro atoms. The first-order chi connectivity index (χ1) is 6.92. The van der Waals surface area contributed by atoms with Gasteiger partial charge in [-0.25, -0.2) is 0 Å². The normalized spacial score (nSPS) is 35.8. The van der Waals surface area contributed by atoms with E-state index in [1.165, 1.54) is 25.7 Å². The first-order valence-corrected chi connectivity index (χ1v) is 5.84. The van der Waals surface area contributed by atoms with Crippen LogP contribution in [0, 0.1) is 5.92 Å². The molecule has 0 aromatic heterocycles. The quantitative estimate of drug-likeness (QED) is 0.716. The van der Waals surface area contributed by atoms with Gasteiger partial charge in [0.05, 0.1) is 13.2 Å². The number of hydrogen-bond donors (Lipinski definition) is 1. The van der Waals surface area contributed by atoms with Crippen molar-refractivity contribution in [3.05, 3.63) is 0 Å². The molecule has 1 saturated heterocycles. The topological polar surface area (TPSA) is 32.7 Å². The van der Waals surface area contributed by atoms with Gasteiger partial charge in [0.2, 0.25) is 0 Å².